The summed E-state index contributed by atoms with van der Waals surface area (Å²) < 4.78 is 31.8. The van der Waals surface area contributed by atoms with Crippen molar-refractivity contribution >= 4 is 15.8 Å². The van der Waals surface area contributed by atoms with E-state index in [9.17, 15) is 8.42 Å². The van der Waals surface area contributed by atoms with Crippen LogP contribution in [0.25, 0.3) is 0 Å². The molecule has 1 aromatic rings. The van der Waals surface area contributed by atoms with Gasteiger partial charge in [-0.05, 0) is 30.9 Å². The predicted octanol–water partition coefficient (Wildman–Crippen LogP) is 2.09. The fraction of sp³-hybridized carbons (Fsp3) is 0.688. The molecule has 2 atom stereocenters. The molecule has 23 heavy (non-hydrogen) atoms. The van der Waals surface area contributed by atoms with E-state index in [1.807, 2.05) is 0 Å². The summed E-state index contributed by atoms with van der Waals surface area (Å²) in [5.74, 6) is 1.38. The smallest absolute Gasteiger partial charge is 0.244 e. The lowest BCUT2D eigenvalue weighted by Crippen LogP contribution is -2.40. The molecule has 2 heterocycles. The van der Waals surface area contributed by atoms with Gasteiger partial charge in [0.1, 0.15) is 10.7 Å². The van der Waals surface area contributed by atoms with Crippen LogP contribution >= 0.6 is 0 Å². The molecule has 128 valence electrons. The summed E-state index contributed by atoms with van der Waals surface area (Å²) in [6, 6.07) is 3.85. The van der Waals surface area contributed by atoms with E-state index in [0.717, 1.165) is 12.2 Å². The van der Waals surface area contributed by atoms with Crippen molar-refractivity contribution in [1.29, 1.82) is 0 Å². The first-order valence-corrected chi connectivity index (χ1v) is 9.82. The Kier molecular flexibility index (Phi) is 5.18. The first kappa shape index (κ1) is 16.7. The Labute approximate surface area is 138 Å². The lowest BCUT2D eigenvalue weighted by atomic mass is 9.86. The van der Waals surface area contributed by atoms with Gasteiger partial charge in [-0.2, -0.15) is 4.31 Å². The van der Waals surface area contributed by atoms with Crippen LogP contribution < -0.4 is 5.32 Å². The molecule has 2 aliphatic rings. The van der Waals surface area contributed by atoms with Gasteiger partial charge in [-0.3, -0.25) is 0 Å². The molecule has 1 aliphatic heterocycles. The second-order valence-corrected chi connectivity index (χ2v) is 8.35. The van der Waals surface area contributed by atoms with Crippen molar-refractivity contribution < 1.29 is 13.2 Å². The number of aromatic nitrogens is 1. The quantitative estimate of drug-likeness (QED) is 0.909. The molecule has 0 amide bonds. The van der Waals surface area contributed by atoms with Crippen LogP contribution in [0.15, 0.2) is 23.2 Å². The highest BCUT2D eigenvalue weighted by Gasteiger charge is 2.27. The Hall–Kier alpha value is -1.18. The maximum Gasteiger partial charge on any atom is 0.244 e. The van der Waals surface area contributed by atoms with Crippen LogP contribution in [0.5, 0.6) is 0 Å². The number of nitrogens with zero attached hydrogens (tertiary/aromatic N) is 2. The van der Waals surface area contributed by atoms with E-state index in [2.05, 4.69) is 17.2 Å². The SMILES string of the molecule is C[C@H]1CCCC[C@@H]1Nc1ccc(S(=O)(=O)N2CCOCC2)cn1. The monoisotopic (exact) mass is 339 g/mol. The minimum Gasteiger partial charge on any atom is -0.379 e. The molecule has 0 spiro atoms. The zero-order chi connectivity index (χ0) is 16.3. The van der Waals surface area contributed by atoms with Crippen LogP contribution in [-0.2, 0) is 14.8 Å². The third-order valence-electron chi connectivity index (χ3n) is 4.79. The van der Waals surface area contributed by atoms with Crippen molar-refractivity contribution in [2.75, 3.05) is 31.6 Å². The summed E-state index contributed by atoms with van der Waals surface area (Å²) in [6.07, 6.45) is 6.38. The summed E-state index contributed by atoms with van der Waals surface area (Å²) in [7, 11) is -3.46. The van der Waals surface area contributed by atoms with Crippen LogP contribution in [0, 0.1) is 5.92 Å². The second-order valence-electron chi connectivity index (χ2n) is 6.41. The van der Waals surface area contributed by atoms with Gasteiger partial charge >= 0.3 is 0 Å². The standard InChI is InChI=1S/C16H25N3O3S/c1-13-4-2-3-5-15(13)18-16-7-6-14(12-17-16)23(20,21)19-8-10-22-11-9-19/h6-7,12-13,15H,2-5,8-11H2,1H3,(H,17,18)/t13-,15-/m0/s1. The lowest BCUT2D eigenvalue weighted by Gasteiger charge is -2.30. The van der Waals surface area contributed by atoms with E-state index in [1.165, 1.54) is 29.8 Å². The zero-order valence-corrected chi connectivity index (χ0v) is 14.4. The number of pyridine rings is 1. The summed E-state index contributed by atoms with van der Waals surface area (Å²) in [5, 5.41) is 3.45. The summed E-state index contributed by atoms with van der Waals surface area (Å²) in [5.41, 5.74) is 0. The molecule has 1 N–H and O–H groups in total. The molecule has 1 saturated carbocycles. The van der Waals surface area contributed by atoms with E-state index < -0.39 is 10.0 Å². The van der Waals surface area contributed by atoms with E-state index in [-0.39, 0.29) is 4.90 Å². The molecular formula is C16H25N3O3S. The van der Waals surface area contributed by atoms with Crippen molar-refractivity contribution in [3.8, 4) is 0 Å². The molecule has 1 saturated heterocycles. The number of ether oxygens (including phenoxy) is 1. The van der Waals surface area contributed by atoms with Gasteiger partial charge in [-0.25, -0.2) is 13.4 Å². The summed E-state index contributed by atoms with van der Waals surface area (Å²) in [4.78, 5) is 4.57. The van der Waals surface area contributed by atoms with Gasteiger partial charge in [0, 0.05) is 25.3 Å². The highest BCUT2D eigenvalue weighted by atomic mass is 32.2. The van der Waals surface area contributed by atoms with Crippen LogP contribution in [-0.4, -0.2) is 50.1 Å². The number of rotatable bonds is 4. The normalized spacial score (nSPS) is 26.8. The van der Waals surface area contributed by atoms with Gasteiger partial charge in [-0.15, -0.1) is 0 Å². The Bertz CT molecular complexity index is 612. The average Bonchev–Trinajstić information content (AvgIpc) is 2.58. The number of sulfonamides is 1. The third-order valence-corrected chi connectivity index (χ3v) is 6.67. The molecule has 7 heteroatoms. The van der Waals surface area contributed by atoms with E-state index in [1.54, 1.807) is 12.1 Å². The first-order valence-electron chi connectivity index (χ1n) is 8.38. The molecule has 3 rings (SSSR count). The summed E-state index contributed by atoms with van der Waals surface area (Å²) >= 11 is 0. The third kappa shape index (κ3) is 3.84. The van der Waals surface area contributed by atoms with Gasteiger partial charge in [0.15, 0.2) is 0 Å². The van der Waals surface area contributed by atoms with Crippen molar-refractivity contribution in [1.82, 2.24) is 9.29 Å². The molecule has 0 radical (unpaired) electrons. The van der Waals surface area contributed by atoms with Crippen LogP contribution in [0.3, 0.4) is 0 Å². The molecule has 6 nitrogen and oxygen atoms in total. The largest absolute Gasteiger partial charge is 0.379 e. The number of anilines is 1. The Morgan fingerprint density at radius 1 is 1.22 bits per heavy atom. The van der Waals surface area contributed by atoms with Gasteiger partial charge in [0.2, 0.25) is 10.0 Å². The maximum absolute atomic E-state index is 12.6. The number of hydrogen-bond acceptors (Lipinski definition) is 5. The highest BCUT2D eigenvalue weighted by Crippen LogP contribution is 2.26. The van der Waals surface area contributed by atoms with Gasteiger partial charge in [0.05, 0.1) is 13.2 Å². The molecule has 0 unspecified atom stereocenters. The predicted molar refractivity (Wildman–Crippen MR) is 88.9 cm³/mol. The zero-order valence-electron chi connectivity index (χ0n) is 13.6. The Morgan fingerprint density at radius 2 is 1.96 bits per heavy atom. The van der Waals surface area contributed by atoms with Crippen LogP contribution in [0.4, 0.5) is 5.82 Å². The van der Waals surface area contributed by atoms with Crippen LogP contribution in [0.2, 0.25) is 0 Å². The minimum atomic E-state index is -3.46. The van der Waals surface area contributed by atoms with Gasteiger partial charge in [0.25, 0.3) is 0 Å². The van der Waals surface area contributed by atoms with Crippen LogP contribution in [0.1, 0.15) is 32.6 Å². The molecule has 0 bridgehead atoms. The van der Waals surface area contributed by atoms with Crippen molar-refractivity contribution in [3.05, 3.63) is 18.3 Å². The van der Waals surface area contributed by atoms with E-state index in [0.29, 0.717) is 38.3 Å². The fourth-order valence-electron chi connectivity index (χ4n) is 3.27. The molecule has 1 aliphatic carbocycles. The molecule has 0 aromatic carbocycles. The fourth-order valence-corrected chi connectivity index (χ4v) is 4.63. The maximum atomic E-state index is 12.6. The molecule has 2 fully saturated rings. The van der Waals surface area contributed by atoms with E-state index >= 15 is 0 Å². The van der Waals surface area contributed by atoms with Crippen molar-refractivity contribution in [2.45, 2.75) is 43.5 Å². The minimum absolute atomic E-state index is 0.252. The highest BCUT2D eigenvalue weighted by molar-refractivity contribution is 7.89. The van der Waals surface area contributed by atoms with Gasteiger partial charge < -0.3 is 10.1 Å². The van der Waals surface area contributed by atoms with Crippen molar-refractivity contribution in [3.63, 3.8) is 0 Å². The topological polar surface area (TPSA) is 71.5 Å². The first-order chi connectivity index (χ1) is 11.1. The lowest BCUT2D eigenvalue weighted by molar-refractivity contribution is 0.0730. The Morgan fingerprint density at radius 3 is 2.61 bits per heavy atom. The van der Waals surface area contributed by atoms with Crippen molar-refractivity contribution in [2.24, 2.45) is 5.92 Å². The van der Waals surface area contributed by atoms with Gasteiger partial charge in [-0.1, -0.05) is 19.8 Å². The molecular weight excluding hydrogens is 314 g/mol. The number of hydrogen-bond donors (Lipinski definition) is 1. The van der Waals surface area contributed by atoms with E-state index in [4.69, 9.17) is 4.74 Å². The summed E-state index contributed by atoms with van der Waals surface area (Å²) in [6.45, 7) is 3.97. The molecule has 1 aromatic heterocycles. The second kappa shape index (κ2) is 7.15. The Balaban J connectivity index is 1.68. The number of morpholine rings is 1. The average molecular weight is 339 g/mol. The number of nitrogens with one attached hydrogen (secondary N) is 1.